The fourth-order valence-corrected chi connectivity index (χ4v) is 2.47. The molecule has 21 heavy (non-hydrogen) atoms. The van der Waals surface area contributed by atoms with Gasteiger partial charge in [-0.3, -0.25) is 4.79 Å². The molecule has 1 rings (SSSR count). The van der Waals surface area contributed by atoms with Crippen LogP contribution in [0.4, 0.5) is 0 Å². The second kappa shape index (κ2) is 10.4. The summed E-state index contributed by atoms with van der Waals surface area (Å²) in [5.41, 5.74) is 0. The van der Waals surface area contributed by atoms with Gasteiger partial charge in [0, 0.05) is 11.0 Å². The molecule has 0 aliphatic carbocycles. The van der Waals surface area contributed by atoms with Gasteiger partial charge in [-0.05, 0) is 30.7 Å². The minimum absolute atomic E-state index is 0.168. The van der Waals surface area contributed by atoms with E-state index in [2.05, 4.69) is 11.7 Å². The van der Waals surface area contributed by atoms with Gasteiger partial charge in [-0.2, -0.15) is 11.8 Å². The number of ether oxygens (including phenoxy) is 3. The molecule has 0 heterocycles. The molecular formula is C16H24O4S. The molecule has 0 amide bonds. The predicted octanol–water partition coefficient (Wildman–Crippen LogP) is 3.54. The summed E-state index contributed by atoms with van der Waals surface area (Å²) < 4.78 is 15.8. The normalized spacial score (nSPS) is 11.8. The highest BCUT2D eigenvalue weighted by atomic mass is 32.2. The van der Waals surface area contributed by atoms with Crippen molar-refractivity contribution >= 4 is 17.7 Å². The lowest BCUT2D eigenvalue weighted by Crippen LogP contribution is -2.11. The van der Waals surface area contributed by atoms with E-state index >= 15 is 0 Å². The van der Waals surface area contributed by atoms with Gasteiger partial charge in [-0.15, -0.1) is 0 Å². The number of hydrogen-bond acceptors (Lipinski definition) is 5. The van der Waals surface area contributed by atoms with Crippen LogP contribution >= 0.6 is 11.8 Å². The van der Waals surface area contributed by atoms with Crippen LogP contribution in [0.1, 0.15) is 26.7 Å². The smallest absolute Gasteiger partial charge is 0.306 e. The van der Waals surface area contributed by atoms with Gasteiger partial charge in [0.25, 0.3) is 0 Å². The molecule has 4 nitrogen and oxygen atoms in total. The van der Waals surface area contributed by atoms with Gasteiger partial charge in [0.15, 0.2) is 0 Å². The summed E-state index contributed by atoms with van der Waals surface area (Å²) in [6.07, 6.45) is 1.43. The minimum atomic E-state index is -0.168. The zero-order valence-corrected chi connectivity index (χ0v) is 13.8. The third kappa shape index (κ3) is 7.85. The number of methoxy groups -OCH3 is 1. The van der Waals surface area contributed by atoms with Crippen molar-refractivity contribution in [3.63, 3.8) is 0 Å². The van der Waals surface area contributed by atoms with Crippen molar-refractivity contribution in [3.8, 4) is 11.5 Å². The highest BCUT2D eigenvalue weighted by molar-refractivity contribution is 7.99. The van der Waals surface area contributed by atoms with Crippen molar-refractivity contribution in [2.75, 3.05) is 26.1 Å². The van der Waals surface area contributed by atoms with E-state index in [4.69, 9.17) is 9.47 Å². The predicted molar refractivity (Wildman–Crippen MR) is 86.3 cm³/mol. The Morgan fingerprint density at radius 2 is 1.71 bits per heavy atom. The van der Waals surface area contributed by atoms with Crippen LogP contribution in [0.3, 0.4) is 0 Å². The van der Waals surface area contributed by atoms with E-state index in [9.17, 15) is 4.79 Å². The largest absolute Gasteiger partial charge is 0.494 e. The topological polar surface area (TPSA) is 44.8 Å². The maximum Gasteiger partial charge on any atom is 0.306 e. The number of esters is 1. The maximum absolute atomic E-state index is 11.1. The van der Waals surface area contributed by atoms with Gasteiger partial charge < -0.3 is 14.2 Å². The zero-order valence-electron chi connectivity index (χ0n) is 13.0. The Morgan fingerprint density at radius 3 is 2.24 bits per heavy atom. The monoisotopic (exact) mass is 312 g/mol. The van der Waals surface area contributed by atoms with Gasteiger partial charge in [0.2, 0.25) is 0 Å². The van der Waals surface area contributed by atoms with E-state index in [-0.39, 0.29) is 11.2 Å². The Kier molecular flexibility index (Phi) is 8.74. The first kappa shape index (κ1) is 17.7. The summed E-state index contributed by atoms with van der Waals surface area (Å²) in [5.74, 6) is 2.37. The summed E-state index contributed by atoms with van der Waals surface area (Å²) >= 11 is 1.70. The average molecular weight is 312 g/mol. The number of benzene rings is 1. The number of hydrogen-bond donors (Lipinski definition) is 0. The maximum atomic E-state index is 11.1. The molecule has 1 atom stereocenters. The van der Waals surface area contributed by atoms with Gasteiger partial charge in [-0.25, -0.2) is 0 Å². The van der Waals surface area contributed by atoms with Crippen LogP contribution < -0.4 is 9.47 Å². The first-order valence-corrected chi connectivity index (χ1v) is 8.24. The number of thioether (sulfide) groups is 1. The molecule has 0 radical (unpaired) electrons. The highest BCUT2D eigenvalue weighted by Crippen LogP contribution is 2.19. The quantitative estimate of drug-likeness (QED) is 0.488. The molecule has 5 heteroatoms. The van der Waals surface area contributed by atoms with E-state index in [0.29, 0.717) is 13.0 Å². The first-order valence-electron chi connectivity index (χ1n) is 7.19. The van der Waals surface area contributed by atoms with Gasteiger partial charge in [0.1, 0.15) is 11.5 Å². The van der Waals surface area contributed by atoms with Crippen LogP contribution in [0.25, 0.3) is 0 Å². The Bertz CT molecular complexity index is 405. The fourth-order valence-electron chi connectivity index (χ4n) is 1.64. The summed E-state index contributed by atoms with van der Waals surface area (Å²) in [5, 5.41) is 0.242. The van der Waals surface area contributed by atoms with Crippen LogP contribution in [0.15, 0.2) is 24.3 Å². The molecule has 0 fully saturated rings. The number of carbonyl (C=O) groups is 1. The molecule has 1 unspecified atom stereocenters. The van der Waals surface area contributed by atoms with E-state index in [1.54, 1.807) is 11.8 Å². The van der Waals surface area contributed by atoms with E-state index in [0.717, 1.165) is 30.3 Å². The Balaban J connectivity index is 2.19. The van der Waals surface area contributed by atoms with Crippen LogP contribution in [-0.4, -0.2) is 37.3 Å². The third-order valence-corrected chi connectivity index (χ3v) is 3.87. The Morgan fingerprint density at radius 1 is 1.14 bits per heavy atom. The summed E-state index contributed by atoms with van der Waals surface area (Å²) in [7, 11) is 1.41. The summed E-state index contributed by atoms with van der Waals surface area (Å²) in [6.45, 7) is 5.44. The molecule has 118 valence electrons. The SMILES string of the molecule is CCCOc1ccc(OCCSC(C)CC(=O)OC)cc1. The second-order valence-corrected chi connectivity index (χ2v) is 6.18. The zero-order chi connectivity index (χ0) is 15.5. The molecule has 1 aromatic carbocycles. The lowest BCUT2D eigenvalue weighted by atomic mass is 10.3. The van der Waals surface area contributed by atoms with Crippen molar-refractivity contribution < 1.29 is 19.0 Å². The van der Waals surface area contributed by atoms with Crippen molar-refractivity contribution in [2.24, 2.45) is 0 Å². The van der Waals surface area contributed by atoms with Crippen molar-refractivity contribution in [2.45, 2.75) is 31.9 Å². The highest BCUT2D eigenvalue weighted by Gasteiger charge is 2.09. The Hall–Kier alpha value is -1.36. The minimum Gasteiger partial charge on any atom is -0.494 e. The molecule has 0 aliphatic heterocycles. The fraction of sp³-hybridized carbons (Fsp3) is 0.562. The van der Waals surface area contributed by atoms with Crippen molar-refractivity contribution in [3.05, 3.63) is 24.3 Å². The average Bonchev–Trinajstić information content (AvgIpc) is 2.50. The molecule has 0 N–H and O–H groups in total. The summed E-state index contributed by atoms with van der Waals surface area (Å²) in [4.78, 5) is 11.1. The van der Waals surface area contributed by atoms with E-state index in [1.807, 2.05) is 31.2 Å². The second-order valence-electron chi connectivity index (χ2n) is 4.63. The molecule has 0 bridgehead atoms. The molecule has 0 aromatic heterocycles. The van der Waals surface area contributed by atoms with Gasteiger partial charge in [-0.1, -0.05) is 13.8 Å². The Labute approximate surface area is 131 Å². The molecule has 0 aliphatic rings. The molecule has 0 saturated heterocycles. The summed E-state index contributed by atoms with van der Waals surface area (Å²) in [6, 6.07) is 7.65. The lowest BCUT2D eigenvalue weighted by Gasteiger charge is -2.11. The molecule has 1 aromatic rings. The number of rotatable bonds is 10. The first-order chi connectivity index (χ1) is 10.2. The third-order valence-electron chi connectivity index (χ3n) is 2.73. The van der Waals surface area contributed by atoms with E-state index < -0.39 is 0 Å². The lowest BCUT2D eigenvalue weighted by molar-refractivity contribution is -0.140. The van der Waals surface area contributed by atoms with Crippen LogP contribution in [-0.2, 0) is 9.53 Å². The number of carbonyl (C=O) groups excluding carboxylic acids is 1. The molecule has 0 saturated carbocycles. The van der Waals surface area contributed by atoms with Crippen molar-refractivity contribution in [1.29, 1.82) is 0 Å². The molecule has 0 spiro atoms. The van der Waals surface area contributed by atoms with Crippen molar-refractivity contribution in [1.82, 2.24) is 0 Å². The van der Waals surface area contributed by atoms with Crippen LogP contribution in [0, 0.1) is 0 Å². The van der Waals surface area contributed by atoms with Gasteiger partial charge in [0.05, 0.1) is 26.7 Å². The van der Waals surface area contributed by atoms with Crippen LogP contribution in [0.5, 0.6) is 11.5 Å². The van der Waals surface area contributed by atoms with Gasteiger partial charge >= 0.3 is 5.97 Å². The van der Waals surface area contributed by atoms with E-state index in [1.165, 1.54) is 7.11 Å². The standard InChI is InChI=1S/C16H24O4S/c1-4-9-19-14-5-7-15(8-6-14)20-10-11-21-13(2)12-16(17)18-3/h5-8,13H,4,9-12H2,1-3H3. The van der Waals surface area contributed by atoms with Crippen LogP contribution in [0.2, 0.25) is 0 Å². The molecular weight excluding hydrogens is 288 g/mol.